The molecule has 6 heteroatoms. The normalized spacial score (nSPS) is 10.3. The second-order valence-electron chi connectivity index (χ2n) is 7.87. The SMILES string of the molecule is O=C(COc1ccccc1)Nc1ccc(Cc2ccc(NC(=O)COc3ccccc3)cc2)cc1. The van der Waals surface area contributed by atoms with Crippen LogP contribution in [0.5, 0.6) is 11.5 Å². The van der Waals surface area contributed by atoms with E-state index in [1.807, 2.05) is 109 Å². The minimum atomic E-state index is -0.214. The summed E-state index contributed by atoms with van der Waals surface area (Å²) < 4.78 is 10.9. The predicted octanol–water partition coefficient (Wildman–Crippen LogP) is 5.31. The number of carbonyl (C=O) groups excluding carboxylic acids is 2. The van der Waals surface area contributed by atoms with Crippen molar-refractivity contribution in [2.24, 2.45) is 0 Å². The molecule has 0 aliphatic rings. The molecular weight excluding hydrogens is 440 g/mol. The zero-order valence-corrected chi connectivity index (χ0v) is 19.1. The van der Waals surface area contributed by atoms with Crippen LogP contribution in [0.15, 0.2) is 109 Å². The number of ether oxygens (including phenoxy) is 2. The number of hydrogen-bond acceptors (Lipinski definition) is 4. The third-order valence-electron chi connectivity index (χ3n) is 5.11. The summed E-state index contributed by atoms with van der Waals surface area (Å²) in [6.07, 6.45) is 0.733. The highest BCUT2D eigenvalue weighted by atomic mass is 16.5. The molecule has 0 saturated heterocycles. The second kappa shape index (κ2) is 12.0. The fourth-order valence-electron chi connectivity index (χ4n) is 3.37. The molecule has 0 unspecified atom stereocenters. The smallest absolute Gasteiger partial charge is 0.262 e. The minimum absolute atomic E-state index is 0.0486. The number of hydrogen-bond donors (Lipinski definition) is 2. The van der Waals surface area contributed by atoms with Gasteiger partial charge in [-0.15, -0.1) is 0 Å². The van der Waals surface area contributed by atoms with Gasteiger partial charge in [-0.05, 0) is 66.1 Å². The predicted molar refractivity (Wildman–Crippen MR) is 137 cm³/mol. The van der Waals surface area contributed by atoms with Crippen molar-refractivity contribution in [3.05, 3.63) is 120 Å². The fraction of sp³-hybridized carbons (Fsp3) is 0.103. The maximum atomic E-state index is 12.1. The lowest BCUT2D eigenvalue weighted by Crippen LogP contribution is -2.20. The van der Waals surface area contributed by atoms with Gasteiger partial charge in [0.2, 0.25) is 0 Å². The van der Waals surface area contributed by atoms with Crippen molar-refractivity contribution in [1.29, 1.82) is 0 Å². The average molecular weight is 467 g/mol. The quantitative estimate of drug-likeness (QED) is 0.332. The molecule has 0 heterocycles. The van der Waals surface area contributed by atoms with E-state index in [0.29, 0.717) is 22.9 Å². The van der Waals surface area contributed by atoms with Gasteiger partial charge in [-0.3, -0.25) is 9.59 Å². The number of rotatable bonds is 10. The first-order valence-corrected chi connectivity index (χ1v) is 11.3. The Morgan fingerprint density at radius 1 is 0.514 bits per heavy atom. The number of anilines is 2. The Kier molecular flexibility index (Phi) is 8.11. The Labute approximate surface area is 204 Å². The summed E-state index contributed by atoms with van der Waals surface area (Å²) in [6, 6.07) is 33.9. The zero-order valence-electron chi connectivity index (χ0n) is 19.1. The van der Waals surface area contributed by atoms with Gasteiger partial charge < -0.3 is 20.1 Å². The molecule has 2 N–H and O–H groups in total. The molecule has 4 aromatic rings. The lowest BCUT2D eigenvalue weighted by Gasteiger charge is -2.09. The monoisotopic (exact) mass is 466 g/mol. The number of nitrogens with one attached hydrogen (secondary N) is 2. The van der Waals surface area contributed by atoms with E-state index >= 15 is 0 Å². The summed E-state index contributed by atoms with van der Waals surface area (Å²) >= 11 is 0. The molecule has 0 bridgehead atoms. The van der Waals surface area contributed by atoms with Crippen molar-refractivity contribution in [3.63, 3.8) is 0 Å². The molecule has 0 spiro atoms. The molecule has 4 aromatic carbocycles. The first-order valence-electron chi connectivity index (χ1n) is 11.3. The molecule has 0 aromatic heterocycles. The molecule has 35 heavy (non-hydrogen) atoms. The minimum Gasteiger partial charge on any atom is -0.484 e. The maximum absolute atomic E-state index is 12.1. The third-order valence-corrected chi connectivity index (χ3v) is 5.11. The van der Waals surface area contributed by atoms with Crippen molar-refractivity contribution in [1.82, 2.24) is 0 Å². The average Bonchev–Trinajstić information content (AvgIpc) is 2.90. The van der Waals surface area contributed by atoms with E-state index < -0.39 is 0 Å². The first-order chi connectivity index (χ1) is 17.1. The highest BCUT2D eigenvalue weighted by molar-refractivity contribution is 5.92. The molecule has 0 saturated carbocycles. The van der Waals surface area contributed by atoms with Gasteiger partial charge in [-0.2, -0.15) is 0 Å². The van der Waals surface area contributed by atoms with Gasteiger partial charge in [-0.25, -0.2) is 0 Å². The van der Waals surface area contributed by atoms with Crippen LogP contribution in [0.3, 0.4) is 0 Å². The van der Waals surface area contributed by atoms with Crippen LogP contribution in [0.4, 0.5) is 11.4 Å². The standard InChI is InChI=1S/C29H26N2O4/c32-28(20-34-26-7-3-1-4-8-26)30-24-15-11-22(12-16-24)19-23-13-17-25(18-14-23)31-29(33)21-35-27-9-5-2-6-10-27/h1-18H,19-21H2,(H,30,32)(H,31,33). The molecule has 2 amide bonds. The molecular formula is C29H26N2O4. The molecule has 0 fully saturated rings. The maximum Gasteiger partial charge on any atom is 0.262 e. The summed E-state index contributed by atoms with van der Waals surface area (Å²) in [5.41, 5.74) is 3.64. The van der Waals surface area contributed by atoms with E-state index in [-0.39, 0.29) is 25.0 Å². The van der Waals surface area contributed by atoms with E-state index in [1.165, 1.54) is 0 Å². The largest absolute Gasteiger partial charge is 0.484 e. The summed E-state index contributed by atoms with van der Waals surface area (Å²) in [5.74, 6) is 0.884. The van der Waals surface area contributed by atoms with Gasteiger partial charge in [0.05, 0.1) is 0 Å². The molecule has 6 nitrogen and oxygen atoms in total. The van der Waals surface area contributed by atoms with Crippen LogP contribution in [0, 0.1) is 0 Å². The first kappa shape index (κ1) is 23.6. The van der Waals surface area contributed by atoms with E-state index in [4.69, 9.17) is 9.47 Å². The van der Waals surface area contributed by atoms with Crippen LogP contribution in [-0.2, 0) is 16.0 Å². The van der Waals surface area contributed by atoms with Crippen LogP contribution in [0.25, 0.3) is 0 Å². The summed E-state index contributed by atoms with van der Waals surface area (Å²) in [5, 5.41) is 5.67. The van der Waals surface area contributed by atoms with Crippen LogP contribution in [0.2, 0.25) is 0 Å². The number of para-hydroxylation sites is 2. The molecule has 0 radical (unpaired) electrons. The summed E-state index contributed by atoms with van der Waals surface area (Å²) in [4.78, 5) is 24.2. The topological polar surface area (TPSA) is 76.7 Å². The van der Waals surface area contributed by atoms with Crippen molar-refractivity contribution >= 4 is 23.2 Å². The van der Waals surface area contributed by atoms with Crippen molar-refractivity contribution in [2.45, 2.75) is 6.42 Å². The van der Waals surface area contributed by atoms with Crippen LogP contribution >= 0.6 is 0 Å². The molecule has 0 aliphatic heterocycles. The van der Waals surface area contributed by atoms with Crippen LogP contribution < -0.4 is 20.1 Å². The van der Waals surface area contributed by atoms with E-state index in [1.54, 1.807) is 0 Å². The van der Waals surface area contributed by atoms with E-state index in [9.17, 15) is 9.59 Å². The van der Waals surface area contributed by atoms with Gasteiger partial charge in [0.15, 0.2) is 13.2 Å². The van der Waals surface area contributed by atoms with Gasteiger partial charge in [-0.1, -0.05) is 60.7 Å². The third kappa shape index (κ3) is 7.75. The van der Waals surface area contributed by atoms with E-state index in [2.05, 4.69) is 10.6 Å². The lowest BCUT2D eigenvalue weighted by molar-refractivity contribution is -0.118. The number of benzene rings is 4. The van der Waals surface area contributed by atoms with Gasteiger partial charge in [0.25, 0.3) is 11.8 Å². The van der Waals surface area contributed by atoms with Crippen molar-refractivity contribution in [2.75, 3.05) is 23.8 Å². The Balaban J connectivity index is 1.21. The Bertz CT molecular complexity index is 1130. The highest BCUT2D eigenvalue weighted by Crippen LogP contribution is 2.17. The van der Waals surface area contributed by atoms with Crippen LogP contribution in [0.1, 0.15) is 11.1 Å². The van der Waals surface area contributed by atoms with Crippen molar-refractivity contribution < 1.29 is 19.1 Å². The molecule has 4 rings (SSSR count). The molecule has 0 aliphatic carbocycles. The van der Waals surface area contributed by atoms with Crippen molar-refractivity contribution in [3.8, 4) is 11.5 Å². The molecule has 0 atom stereocenters. The number of carbonyl (C=O) groups is 2. The summed E-state index contributed by atoms with van der Waals surface area (Å²) in [7, 11) is 0. The van der Waals surface area contributed by atoms with Crippen LogP contribution in [-0.4, -0.2) is 25.0 Å². The summed E-state index contributed by atoms with van der Waals surface area (Å²) in [6.45, 7) is -0.0972. The Morgan fingerprint density at radius 3 is 1.26 bits per heavy atom. The van der Waals surface area contributed by atoms with Gasteiger partial charge >= 0.3 is 0 Å². The molecule has 176 valence electrons. The Hall–Kier alpha value is -4.58. The highest BCUT2D eigenvalue weighted by Gasteiger charge is 2.06. The Morgan fingerprint density at radius 2 is 0.886 bits per heavy atom. The lowest BCUT2D eigenvalue weighted by atomic mass is 10.0. The van der Waals surface area contributed by atoms with Gasteiger partial charge in [0.1, 0.15) is 11.5 Å². The van der Waals surface area contributed by atoms with Gasteiger partial charge in [0, 0.05) is 11.4 Å². The second-order valence-corrected chi connectivity index (χ2v) is 7.87. The zero-order chi connectivity index (χ0) is 24.3. The fourth-order valence-corrected chi connectivity index (χ4v) is 3.37. The van der Waals surface area contributed by atoms with E-state index in [0.717, 1.165) is 17.5 Å². The number of amides is 2.